The third-order valence-electron chi connectivity index (χ3n) is 13.1. The molecule has 11 heteroatoms. The van der Waals surface area contributed by atoms with Crippen LogP contribution in [0.3, 0.4) is 0 Å². The number of unbranched alkanes of at least 4 members (excludes halogenated alkanes) is 25. The fourth-order valence-electron chi connectivity index (χ4n) is 8.48. The Bertz CT molecular complexity index is 1410. The van der Waals surface area contributed by atoms with Gasteiger partial charge in [0.15, 0.2) is 6.29 Å². The van der Waals surface area contributed by atoms with Crippen LogP contribution in [0.1, 0.15) is 232 Å². The van der Waals surface area contributed by atoms with Crippen LogP contribution in [0.5, 0.6) is 0 Å². The zero-order chi connectivity index (χ0) is 51.7. The summed E-state index contributed by atoms with van der Waals surface area (Å²) in [4.78, 5) is 25.0. The molecule has 0 aromatic rings. The van der Waals surface area contributed by atoms with E-state index >= 15 is 0 Å². The first kappa shape index (κ1) is 66.1. The van der Waals surface area contributed by atoms with Crippen LogP contribution >= 0.6 is 0 Å². The summed E-state index contributed by atoms with van der Waals surface area (Å²) >= 11 is 0. The van der Waals surface area contributed by atoms with E-state index in [4.69, 9.17) is 14.2 Å². The molecule has 0 aliphatic carbocycles. The highest BCUT2D eigenvalue weighted by Crippen LogP contribution is 2.23. The molecule has 0 aromatic heterocycles. The van der Waals surface area contributed by atoms with Crippen molar-refractivity contribution in [2.24, 2.45) is 0 Å². The third-order valence-corrected chi connectivity index (χ3v) is 13.1. The molecule has 0 radical (unpaired) electrons. The Morgan fingerprint density at radius 2 is 1.01 bits per heavy atom. The molecule has 0 bridgehead atoms. The molecular weight excluding hydrogens is 895 g/mol. The zero-order valence-corrected chi connectivity index (χ0v) is 44.9. The molecule has 1 saturated heterocycles. The molecule has 1 amide bonds. The fourth-order valence-corrected chi connectivity index (χ4v) is 8.48. The van der Waals surface area contributed by atoms with Gasteiger partial charge in [-0.25, -0.2) is 0 Å². The van der Waals surface area contributed by atoms with Gasteiger partial charge in [-0.3, -0.25) is 9.59 Å². The fraction of sp³-hybridized carbons (Fsp3) is 0.767. The lowest BCUT2D eigenvalue weighted by Gasteiger charge is -2.40. The topological polar surface area (TPSA) is 175 Å². The van der Waals surface area contributed by atoms with Crippen molar-refractivity contribution in [3.63, 3.8) is 0 Å². The number of amides is 1. The van der Waals surface area contributed by atoms with Gasteiger partial charge in [-0.15, -0.1) is 0 Å². The average molecular weight is 1000 g/mol. The van der Waals surface area contributed by atoms with Crippen molar-refractivity contribution in [1.82, 2.24) is 5.32 Å². The highest BCUT2D eigenvalue weighted by Gasteiger charge is 2.44. The molecule has 7 unspecified atom stereocenters. The molecule has 1 fully saturated rings. The predicted octanol–water partition coefficient (Wildman–Crippen LogP) is 12.8. The van der Waals surface area contributed by atoms with E-state index in [1.54, 1.807) is 6.08 Å². The molecule has 1 aliphatic rings. The van der Waals surface area contributed by atoms with E-state index in [0.717, 1.165) is 89.9 Å². The Kier molecular flexibility index (Phi) is 45.9. The number of carbonyl (C=O) groups is 2. The van der Waals surface area contributed by atoms with E-state index in [1.165, 1.54) is 109 Å². The molecule has 71 heavy (non-hydrogen) atoms. The summed E-state index contributed by atoms with van der Waals surface area (Å²) in [5, 5.41) is 54.1. The normalized spacial score (nSPS) is 19.7. The van der Waals surface area contributed by atoms with Crippen molar-refractivity contribution in [2.45, 2.75) is 275 Å². The Morgan fingerprint density at radius 1 is 0.549 bits per heavy atom. The largest absolute Gasteiger partial charge is 0.466 e. The van der Waals surface area contributed by atoms with Crippen LogP contribution in [0.15, 0.2) is 72.9 Å². The lowest BCUT2D eigenvalue weighted by molar-refractivity contribution is -0.302. The first-order valence-electron chi connectivity index (χ1n) is 28.7. The molecule has 1 aliphatic heterocycles. The third kappa shape index (κ3) is 39.3. The molecule has 7 atom stereocenters. The summed E-state index contributed by atoms with van der Waals surface area (Å²) in [6.07, 6.45) is 54.5. The number of ether oxygens (including phenoxy) is 3. The maximum atomic E-state index is 13.0. The molecule has 0 spiro atoms. The van der Waals surface area contributed by atoms with Crippen molar-refractivity contribution in [3.8, 4) is 0 Å². The minimum Gasteiger partial charge on any atom is -0.466 e. The minimum atomic E-state index is -1.58. The van der Waals surface area contributed by atoms with E-state index in [-0.39, 0.29) is 18.5 Å². The SMILES string of the molecule is C/C=C/CC/C=C/CC/C=C/C(O)C(COC1OC(CO)C(O)C(O)C1O)NC(=O)CCCCCCCCC/C=C\CCCCCCCCCCCOC(=O)CCCCCCC/C=C\C/C=C\CCCC. The molecular formula is C60H105NO10. The lowest BCUT2D eigenvalue weighted by atomic mass is 9.99. The maximum absolute atomic E-state index is 13.0. The standard InChI is InChI=1S/C60H105NO10/c1-3-5-7-9-11-13-14-15-25-28-32-36-40-44-48-56(65)69-49-45-41-37-33-29-26-23-21-19-17-16-18-20-22-24-27-31-35-39-43-47-55(64)61-52(53(63)46-42-38-34-30-12-10-8-6-4-2)51-70-60-59(68)58(67)57(66)54(50-62)71-60/h4,6,9,11-12,14-16,18,30,42,46,52-54,57-60,62-63,66-68H,3,5,7-8,10,13,17,19-29,31-41,43-45,47-51H2,1-2H3,(H,61,64)/b6-4+,11-9-,15-14-,18-16-,30-12+,46-42+. The Balaban J connectivity index is 2.05. The van der Waals surface area contributed by atoms with Crippen LogP contribution < -0.4 is 5.32 Å². The molecule has 11 nitrogen and oxygen atoms in total. The smallest absolute Gasteiger partial charge is 0.305 e. The van der Waals surface area contributed by atoms with E-state index < -0.39 is 49.5 Å². The van der Waals surface area contributed by atoms with Gasteiger partial charge in [-0.2, -0.15) is 0 Å². The molecule has 1 rings (SSSR count). The molecule has 0 saturated carbocycles. The van der Waals surface area contributed by atoms with Gasteiger partial charge in [-0.1, -0.05) is 189 Å². The summed E-state index contributed by atoms with van der Waals surface area (Å²) in [6.45, 7) is 4.01. The molecule has 1 heterocycles. The Labute approximate surface area is 432 Å². The summed E-state index contributed by atoms with van der Waals surface area (Å²) in [7, 11) is 0. The zero-order valence-electron chi connectivity index (χ0n) is 44.9. The maximum Gasteiger partial charge on any atom is 0.305 e. The van der Waals surface area contributed by atoms with Crippen LogP contribution in [0, 0.1) is 0 Å². The number of allylic oxidation sites excluding steroid dienone is 11. The van der Waals surface area contributed by atoms with Gasteiger partial charge < -0.3 is 45.1 Å². The van der Waals surface area contributed by atoms with Gasteiger partial charge in [0.05, 0.1) is 32.0 Å². The summed E-state index contributed by atoms with van der Waals surface area (Å²) in [5.41, 5.74) is 0. The van der Waals surface area contributed by atoms with Crippen molar-refractivity contribution in [1.29, 1.82) is 0 Å². The Hall–Kier alpha value is -2.90. The highest BCUT2D eigenvalue weighted by atomic mass is 16.7. The number of rotatable bonds is 48. The van der Waals surface area contributed by atoms with Gasteiger partial charge in [0.1, 0.15) is 24.4 Å². The van der Waals surface area contributed by atoms with Crippen molar-refractivity contribution in [2.75, 3.05) is 19.8 Å². The van der Waals surface area contributed by atoms with Gasteiger partial charge in [0.25, 0.3) is 0 Å². The quantitative estimate of drug-likeness (QED) is 0.0196. The number of carbonyl (C=O) groups excluding carboxylic acids is 2. The number of hydrogen-bond acceptors (Lipinski definition) is 10. The lowest BCUT2D eigenvalue weighted by Crippen LogP contribution is -2.60. The van der Waals surface area contributed by atoms with Gasteiger partial charge in [-0.05, 0) is 103 Å². The van der Waals surface area contributed by atoms with Gasteiger partial charge >= 0.3 is 5.97 Å². The molecule has 6 N–H and O–H groups in total. The van der Waals surface area contributed by atoms with Crippen molar-refractivity contribution >= 4 is 11.9 Å². The second-order valence-corrected chi connectivity index (χ2v) is 19.6. The first-order chi connectivity index (χ1) is 34.7. The number of nitrogens with one attached hydrogen (secondary N) is 1. The first-order valence-corrected chi connectivity index (χ1v) is 28.7. The van der Waals surface area contributed by atoms with Crippen LogP contribution in [-0.4, -0.2) is 100 Å². The average Bonchev–Trinajstić information content (AvgIpc) is 3.37. The van der Waals surface area contributed by atoms with Crippen molar-refractivity contribution in [3.05, 3.63) is 72.9 Å². The van der Waals surface area contributed by atoms with Crippen LogP contribution in [0.2, 0.25) is 0 Å². The molecule has 0 aromatic carbocycles. The van der Waals surface area contributed by atoms with Crippen LogP contribution in [0.4, 0.5) is 0 Å². The summed E-state index contributed by atoms with van der Waals surface area (Å²) in [6, 6.07) is -0.841. The van der Waals surface area contributed by atoms with E-state index in [0.29, 0.717) is 25.9 Å². The van der Waals surface area contributed by atoms with Crippen molar-refractivity contribution < 1.29 is 49.3 Å². The van der Waals surface area contributed by atoms with E-state index in [1.807, 2.05) is 19.1 Å². The summed E-state index contributed by atoms with van der Waals surface area (Å²) < 4.78 is 16.6. The second kappa shape index (κ2) is 49.3. The number of aliphatic hydroxyl groups excluding tert-OH is 5. The summed E-state index contributed by atoms with van der Waals surface area (Å²) in [5.74, 6) is -0.235. The second-order valence-electron chi connectivity index (χ2n) is 19.6. The number of aliphatic hydroxyl groups is 5. The van der Waals surface area contributed by atoms with Gasteiger partial charge in [0.2, 0.25) is 5.91 Å². The van der Waals surface area contributed by atoms with E-state index in [9.17, 15) is 35.1 Å². The number of esters is 1. The molecule has 410 valence electrons. The number of hydrogen-bond donors (Lipinski definition) is 6. The van der Waals surface area contributed by atoms with E-state index in [2.05, 4.69) is 66.9 Å². The van der Waals surface area contributed by atoms with Crippen LogP contribution in [0.25, 0.3) is 0 Å². The minimum absolute atomic E-state index is 0.0247. The van der Waals surface area contributed by atoms with Crippen LogP contribution in [-0.2, 0) is 23.8 Å². The highest BCUT2D eigenvalue weighted by molar-refractivity contribution is 5.76. The van der Waals surface area contributed by atoms with Gasteiger partial charge in [0, 0.05) is 12.8 Å². The monoisotopic (exact) mass is 1000 g/mol. The predicted molar refractivity (Wildman–Crippen MR) is 292 cm³/mol. The Morgan fingerprint density at radius 3 is 1.56 bits per heavy atom.